The van der Waals surface area contributed by atoms with Crippen LogP contribution in [0.2, 0.25) is 0 Å². The van der Waals surface area contributed by atoms with Gasteiger partial charge in [-0.05, 0) is 38.8 Å². The van der Waals surface area contributed by atoms with Gasteiger partial charge in [-0.3, -0.25) is 4.90 Å². The second-order valence-electron chi connectivity index (χ2n) is 9.07. The minimum absolute atomic E-state index is 0.0906. The first kappa shape index (κ1) is 24.3. The fourth-order valence-corrected chi connectivity index (χ4v) is 4.07. The smallest absolute Gasteiger partial charge is 0.222 e. The lowest BCUT2D eigenvalue weighted by Gasteiger charge is -2.26. The Bertz CT molecular complexity index is 1060. The van der Waals surface area contributed by atoms with Crippen molar-refractivity contribution in [2.45, 2.75) is 51.5 Å². The topological polar surface area (TPSA) is 69.0 Å². The molecule has 7 nitrogen and oxygen atoms in total. The van der Waals surface area contributed by atoms with E-state index in [-0.39, 0.29) is 6.10 Å². The second-order valence-corrected chi connectivity index (χ2v) is 9.07. The maximum absolute atomic E-state index is 10.7. The molecule has 4 rings (SSSR count). The van der Waals surface area contributed by atoms with Crippen LogP contribution in [0.15, 0.2) is 54.6 Å². The number of ether oxygens (including phenoxy) is 3. The molecule has 2 aromatic carbocycles. The molecule has 1 N–H and O–H groups in total. The van der Waals surface area contributed by atoms with Crippen molar-refractivity contribution < 1.29 is 19.3 Å². The summed E-state index contributed by atoms with van der Waals surface area (Å²) < 4.78 is 19.3. The van der Waals surface area contributed by atoms with Gasteiger partial charge in [0, 0.05) is 31.7 Å². The summed E-state index contributed by atoms with van der Waals surface area (Å²) in [6.07, 6.45) is 1.79. The first-order valence-corrected chi connectivity index (χ1v) is 11.9. The predicted octanol–water partition coefficient (Wildman–Crippen LogP) is 4.64. The van der Waals surface area contributed by atoms with Gasteiger partial charge in [-0.25, -0.2) is 4.68 Å². The lowest BCUT2D eigenvalue weighted by molar-refractivity contribution is -0.0107. The van der Waals surface area contributed by atoms with Gasteiger partial charge in [0.1, 0.15) is 5.69 Å². The van der Waals surface area contributed by atoms with Crippen LogP contribution in [0.5, 0.6) is 17.4 Å². The molecule has 0 aliphatic heterocycles. The molecule has 0 radical (unpaired) electrons. The van der Waals surface area contributed by atoms with E-state index in [0.717, 1.165) is 29.7 Å². The van der Waals surface area contributed by atoms with Crippen LogP contribution in [0.3, 0.4) is 0 Å². The number of para-hydroxylation sites is 2. The Morgan fingerprint density at radius 2 is 1.74 bits per heavy atom. The average molecular weight is 466 g/mol. The predicted molar refractivity (Wildman–Crippen MR) is 132 cm³/mol. The number of aromatic nitrogens is 2. The Kier molecular flexibility index (Phi) is 7.88. The van der Waals surface area contributed by atoms with Crippen molar-refractivity contribution in [2.75, 3.05) is 20.3 Å². The molecule has 1 fully saturated rings. The number of nitrogens with zero attached hydrogens (tertiary/aromatic N) is 3. The molecule has 7 heteroatoms. The van der Waals surface area contributed by atoms with Crippen molar-refractivity contribution in [1.29, 1.82) is 0 Å². The highest BCUT2D eigenvalue weighted by atomic mass is 16.5. The van der Waals surface area contributed by atoms with Gasteiger partial charge in [-0.2, -0.15) is 5.10 Å². The number of hydrogen-bond donors (Lipinski definition) is 1. The van der Waals surface area contributed by atoms with Gasteiger partial charge in [0.25, 0.3) is 0 Å². The Morgan fingerprint density at radius 1 is 1.06 bits per heavy atom. The lowest BCUT2D eigenvalue weighted by atomic mass is 10.1. The molecule has 1 saturated carbocycles. The third-order valence-corrected chi connectivity index (χ3v) is 5.90. The molecule has 1 atom stereocenters. The van der Waals surface area contributed by atoms with Crippen LogP contribution in [-0.2, 0) is 18.3 Å². The zero-order chi connectivity index (χ0) is 24.1. The highest BCUT2D eigenvalue weighted by Crippen LogP contribution is 2.39. The Hall–Kier alpha value is -2.87. The monoisotopic (exact) mass is 465 g/mol. The van der Waals surface area contributed by atoms with Crippen molar-refractivity contribution in [3.8, 4) is 28.6 Å². The summed E-state index contributed by atoms with van der Waals surface area (Å²) in [5.41, 5.74) is 2.90. The van der Waals surface area contributed by atoms with Crippen LogP contribution in [-0.4, -0.2) is 58.3 Å². The zero-order valence-corrected chi connectivity index (χ0v) is 20.5. The molecule has 0 unspecified atom stereocenters. The normalized spacial score (nSPS) is 14.6. The summed E-state index contributed by atoms with van der Waals surface area (Å²) in [7, 11) is 3.53. The molecule has 1 heterocycles. The van der Waals surface area contributed by atoms with Crippen molar-refractivity contribution in [2.24, 2.45) is 7.05 Å². The molecule has 0 saturated heterocycles. The Labute approximate surface area is 201 Å². The number of benzene rings is 2. The van der Waals surface area contributed by atoms with Crippen molar-refractivity contribution in [3.63, 3.8) is 0 Å². The number of aliphatic hydroxyl groups excluding tert-OH is 1. The van der Waals surface area contributed by atoms with E-state index < -0.39 is 6.10 Å². The zero-order valence-electron chi connectivity index (χ0n) is 20.5. The van der Waals surface area contributed by atoms with Gasteiger partial charge in [-0.15, -0.1) is 0 Å². The van der Waals surface area contributed by atoms with E-state index in [4.69, 9.17) is 19.3 Å². The minimum atomic E-state index is -0.557. The van der Waals surface area contributed by atoms with Crippen molar-refractivity contribution >= 4 is 0 Å². The van der Waals surface area contributed by atoms with Gasteiger partial charge >= 0.3 is 0 Å². The van der Waals surface area contributed by atoms with Crippen LogP contribution in [0.25, 0.3) is 11.3 Å². The van der Waals surface area contributed by atoms with Crippen molar-refractivity contribution in [1.82, 2.24) is 14.7 Å². The molecule has 182 valence electrons. The largest absolute Gasteiger partial charge is 0.493 e. The fraction of sp³-hybridized carbons (Fsp3) is 0.444. The van der Waals surface area contributed by atoms with Crippen LogP contribution in [0, 0.1) is 0 Å². The molecule has 3 aromatic rings. The molecular formula is C27H35N3O4. The average Bonchev–Trinajstić information content (AvgIpc) is 3.64. The molecule has 0 spiro atoms. The molecule has 0 bridgehead atoms. The van der Waals surface area contributed by atoms with Gasteiger partial charge in [0.2, 0.25) is 5.88 Å². The van der Waals surface area contributed by atoms with E-state index in [1.165, 1.54) is 0 Å². The van der Waals surface area contributed by atoms with Crippen LogP contribution >= 0.6 is 0 Å². The number of aryl methyl sites for hydroxylation is 1. The van der Waals surface area contributed by atoms with E-state index >= 15 is 0 Å². The molecule has 1 aliphatic carbocycles. The van der Waals surface area contributed by atoms with E-state index in [9.17, 15) is 5.11 Å². The van der Waals surface area contributed by atoms with Gasteiger partial charge in [0.15, 0.2) is 11.5 Å². The second kappa shape index (κ2) is 11.0. The highest BCUT2D eigenvalue weighted by Gasteiger charge is 2.33. The number of hydrogen-bond acceptors (Lipinski definition) is 6. The summed E-state index contributed by atoms with van der Waals surface area (Å²) in [5, 5.41) is 15.5. The SMILES string of the molecule is COc1ccccc1Oc1c(CN(C[C@H](O)COC(C)C)C2CC2)c(-c2ccccc2)nn1C. The number of aliphatic hydroxyl groups is 1. The number of rotatable bonds is 12. The van der Waals surface area contributed by atoms with Crippen LogP contribution in [0.4, 0.5) is 0 Å². The lowest BCUT2D eigenvalue weighted by Crippen LogP contribution is -2.36. The summed E-state index contributed by atoms with van der Waals surface area (Å²) >= 11 is 0. The van der Waals surface area contributed by atoms with E-state index in [1.807, 2.05) is 63.4 Å². The summed E-state index contributed by atoms with van der Waals surface area (Å²) in [4.78, 5) is 2.33. The fourth-order valence-electron chi connectivity index (χ4n) is 4.07. The van der Waals surface area contributed by atoms with Crippen LogP contribution in [0.1, 0.15) is 32.3 Å². The standard InChI is InChI=1S/C27H35N3O4/c1-19(2)33-18-22(31)16-30(21-14-15-21)17-23-26(20-10-6-5-7-11-20)28-29(3)27(23)34-25-13-9-8-12-24(25)32-4/h5-13,19,21-22,31H,14-18H2,1-4H3/t22-/m0/s1. The Morgan fingerprint density at radius 3 is 2.38 bits per heavy atom. The molecular weight excluding hydrogens is 430 g/mol. The molecule has 0 amide bonds. The van der Waals surface area contributed by atoms with Gasteiger partial charge in [0.05, 0.1) is 31.5 Å². The first-order chi connectivity index (χ1) is 16.5. The summed E-state index contributed by atoms with van der Waals surface area (Å²) in [6.45, 7) is 5.44. The third-order valence-electron chi connectivity index (χ3n) is 5.90. The van der Waals surface area contributed by atoms with Crippen LogP contribution < -0.4 is 9.47 Å². The van der Waals surface area contributed by atoms with Crippen molar-refractivity contribution in [3.05, 3.63) is 60.2 Å². The Balaban J connectivity index is 1.67. The maximum Gasteiger partial charge on any atom is 0.222 e. The quantitative estimate of drug-likeness (QED) is 0.420. The number of methoxy groups -OCH3 is 1. The van der Waals surface area contributed by atoms with E-state index in [1.54, 1.807) is 11.8 Å². The third kappa shape index (κ3) is 5.97. The summed E-state index contributed by atoms with van der Waals surface area (Å²) in [6, 6.07) is 18.2. The molecule has 1 aliphatic rings. The maximum atomic E-state index is 10.7. The van der Waals surface area contributed by atoms with E-state index in [2.05, 4.69) is 17.0 Å². The van der Waals surface area contributed by atoms with Gasteiger partial charge < -0.3 is 19.3 Å². The first-order valence-electron chi connectivity index (χ1n) is 11.9. The minimum Gasteiger partial charge on any atom is -0.493 e. The summed E-state index contributed by atoms with van der Waals surface area (Å²) in [5.74, 6) is 1.97. The molecule has 34 heavy (non-hydrogen) atoms. The van der Waals surface area contributed by atoms with E-state index in [0.29, 0.717) is 43.1 Å². The molecule has 1 aromatic heterocycles. The van der Waals surface area contributed by atoms with Gasteiger partial charge in [-0.1, -0.05) is 42.5 Å². The highest BCUT2D eigenvalue weighted by molar-refractivity contribution is 5.66.